The number of rotatable bonds is 7. The number of carbonyl (C=O) groups excluding carboxylic acids is 2. The maximum Gasteiger partial charge on any atom is 0.336 e. The minimum absolute atomic E-state index is 0.0856. The van der Waals surface area contributed by atoms with Crippen molar-refractivity contribution in [2.45, 2.75) is 20.5 Å². The van der Waals surface area contributed by atoms with Crippen LogP contribution in [0.25, 0.3) is 32.5 Å². The van der Waals surface area contributed by atoms with Gasteiger partial charge in [-0.1, -0.05) is 19.9 Å². The van der Waals surface area contributed by atoms with Gasteiger partial charge in [-0.05, 0) is 77.0 Å². The van der Waals surface area contributed by atoms with Gasteiger partial charge < -0.3 is 25.5 Å². The molecule has 0 unspecified atom stereocenters. The molecule has 0 atom stereocenters. The number of anilines is 1. The quantitative estimate of drug-likeness (QED) is 0.173. The Labute approximate surface area is 240 Å². The molecule has 9 heteroatoms. The number of hydrogen-bond donors (Lipinski definition) is 4. The number of ether oxygens (including phenoxy) is 1. The number of H-pyrrole nitrogens is 1. The number of fused-ring (bicyclic) bond motifs is 4. The number of amides is 2. The van der Waals surface area contributed by atoms with Crippen molar-refractivity contribution in [2.75, 3.05) is 11.9 Å². The fraction of sp³-hybridized carbons (Fsp3) is 0.156. The first kappa shape index (κ1) is 26.3. The van der Waals surface area contributed by atoms with E-state index in [4.69, 9.17) is 4.74 Å². The lowest BCUT2D eigenvalue weighted by atomic mass is 9.90. The van der Waals surface area contributed by atoms with Crippen molar-refractivity contribution < 1.29 is 24.2 Å². The average molecular weight is 566 g/mol. The number of carboxylic acid groups (broad SMARTS) is 1. The van der Waals surface area contributed by atoms with E-state index in [-0.39, 0.29) is 23.0 Å². The van der Waals surface area contributed by atoms with Crippen LogP contribution in [0, 0.1) is 5.92 Å². The van der Waals surface area contributed by atoms with Crippen LogP contribution in [0.5, 0.6) is 5.75 Å². The molecule has 3 heterocycles. The van der Waals surface area contributed by atoms with Gasteiger partial charge in [0, 0.05) is 56.5 Å². The molecule has 0 bridgehead atoms. The smallest absolute Gasteiger partial charge is 0.336 e. The second-order valence-corrected chi connectivity index (χ2v) is 11.3. The van der Waals surface area contributed by atoms with E-state index < -0.39 is 11.9 Å². The molecule has 0 saturated heterocycles. The molecule has 6 rings (SSSR count). The van der Waals surface area contributed by atoms with Crippen molar-refractivity contribution in [1.29, 1.82) is 0 Å². The minimum Gasteiger partial charge on any atom is -0.488 e. The zero-order valence-electron chi connectivity index (χ0n) is 22.4. The standard InChI is InChI=1S/C32H27N3O5S/c1-17(2)15-34-30(36)19-3-5-22(25(12-19)32(38)39)23-14-28-26(29-20(16-40-28)8-10-41-29)13-24(23)31(37)35-21-4-6-27-18(11-21)7-9-33-27/h3-14,17,33H,15-16H2,1-2H3,(H,34,36)(H,35,37)(H,38,39). The lowest BCUT2D eigenvalue weighted by Crippen LogP contribution is -2.27. The molecule has 41 heavy (non-hydrogen) atoms. The highest BCUT2D eigenvalue weighted by Crippen LogP contribution is 2.45. The Hall–Kier alpha value is -4.89. The average Bonchev–Trinajstić information content (AvgIpc) is 3.64. The van der Waals surface area contributed by atoms with E-state index in [1.807, 2.05) is 55.8 Å². The van der Waals surface area contributed by atoms with Crippen molar-refractivity contribution in [1.82, 2.24) is 10.3 Å². The molecule has 2 aromatic heterocycles. The third kappa shape index (κ3) is 5.07. The Kier molecular flexibility index (Phi) is 6.80. The maximum absolute atomic E-state index is 13.9. The summed E-state index contributed by atoms with van der Waals surface area (Å²) in [6, 6.07) is 17.5. The number of carbonyl (C=O) groups is 3. The monoisotopic (exact) mass is 565 g/mol. The zero-order valence-corrected chi connectivity index (χ0v) is 23.2. The van der Waals surface area contributed by atoms with E-state index >= 15 is 0 Å². The van der Waals surface area contributed by atoms with Gasteiger partial charge in [-0.25, -0.2) is 4.79 Å². The summed E-state index contributed by atoms with van der Waals surface area (Å²) in [4.78, 5) is 43.2. The van der Waals surface area contributed by atoms with Gasteiger partial charge >= 0.3 is 5.97 Å². The fourth-order valence-electron chi connectivity index (χ4n) is 4.95. The van der Waals surface area contributed by atoms with Gasteiger partial charge in [-0.15, -0.1) is 11.3 Å². The summed E-state index contributed by atoms with van der Waals surface area (Å²) in [5.74, 6) is -1.14. The largest absolute Gasteiger partial charge is 0.488 e. The van der Waals surface area contributed by atoms with Crippen LogP contribution in [-0.2, 0) is 6.61 Å². The second kappa shape index (κ2) is 10.6. The Morgan fingerprint density at radius 3 is 2.61 bits per heavy atom. The Morgan fingerprint density at radius 1 is 0.951 bits per heavy atom. The lowest BCUT2D eigenvalue weighted by Gasteiger charge is -2.22. The lowest BCUT2D eigenvalue weighted by molar-refractivity contribution is 0.0697. The summed E-state index contributed by atoms with van der Waals surface area (Å²) in [7, 11) is 0. The predicted octanol–water partition coefficient (Wildman–Crippen LogP) is 6.79. The molecule has 5 aromatic rings. The van der Waals surface area contributed by atoms with Gasteiger partial charge in [-0.2, -0.15) is 0 Å². The SMILES string of the molecule is CC(C)CNC(=O)c1ccc(-c2cc3c(cc2C(=O)Nc2ccc4[nH]ccc4c2)-c2sccc2CO3)c(C(=O)O)c1. The Morgan fingerprint density at radius 2 is 1.80 bits per heavy atom. The summed E-state index contributed by atoms with van der Waals surface area (Å²) in [5.41, 5.74) is 4.51. The molecule has 1 aliphatic rings. The molecular formula is C32H27N3O5S. The molecule has 0 fully saturated rings. The summed E-state index contributed by atoms with van der Waals surface area (Å²) < 4.78 is 6.04. The van der Waals surface area contributed by atoms with Crippen LogP contribution >= 0.6 is 11.3 Å². The molecule has 0 saturated carbocycles. The first-order chi connectivity index (χ1) is 19.8. The highest BCUT2D eigenvalue weighted by atomic mass is 32.1. The summed E-state index contributed by atoms with van der Waals surface area (Å²) in [5, 5.41) is 18.9. The summed E-state index contributed by atoms with van der Waals surface area (Å²) >= 11 is 1.56. The molecule has 0 radical (unpaired) electrons. The van der Waals surface area contributed by atoms with Crippen LogP contribution in [0.1, 0.15) is 50.5 Å². The topological polar surface area (TPSA) is 121 Å². The van der Waals surface area contributed by atoms with Crippen LogP contribution in [0.4, 0.5) is 5.69 Å². The number of aromatic carboxylic acids is 1. The molecule has 4 N–H and O–H groups in total. The molecule has 1 aliphatic heterocycles. The first-order valence-electron chi connectivity index (χ1n) is 13.2. The van der Waals surface area contributed by atoms with E-state index in [1.165, 1.54) is 6.07 Å². The van der Waals surface area contributed by atoms with Gasteiger partial charge in [-0.3, -0.25) is 9.59 Å². The normalized spacial score (nSPS) is 12.0. The van der Waals surface area contributed by atoms with Crippen molar-refractivity contribution >= 4 is 45.7 Å². The van der Waals surface area contributed by atoms with E-state index in [1.54, 1.807) is 35.6 Å². The van der Waals surface area contributed by atoms with Crippen molar-refractivity contribution in [3.8, 4) is 27.3 Å². The van der Waals surface area contributed by atoms with E-state index in [9.17, 15) is 19.5 Å². The van der Waals surface area contributed by atoms with Crippen molar-refractivity contribution in [3.05, 3.63) is 94.5 Å². The summed E-state index contributed by atoms with van der Waals surface area (Å²) in [6.45, 7) is 4.81. The maximum atomic E-state index is 13.9. The molecule has 3 aromatic carbocycles. The van der Waals surface area contributed by atoms with Crippen molar-refractivity contribution in [3.63, 3.8) is 0 Å². The first-order valence-corrected chi connectivity index (χ1v) is 14.1. The minimum atomic E-state index is -1.21. The Bertz CT molecular complexity index is 1830. The third-order valence-corrected chi connectivity index (χ3v) is 8.01. The van der Waals surface area contributed by atoms with Crippen LogP contribution in [-0.4, -0.2) is 34.4 Å². The van der Waals surface area contributed by atoms with Crippen LogP contribution in [0.15, 0.2) is 72.2 Å². The molecular weight excluding hydrogens is 538 g/mol. The number of aromatic amines is 1. The van der Waals surface area contributed by atoms with Crippen LogP contribution in [0.2, 0.25) is 0 Å². The number of aromatic nitrogens is 1. The Balaban J connectivity index is 1.46. The van der Waals surface area contributed by atoms with Gasteiger partial charge in [0.2, 0.25) is 0 Å². The fourth-order valence-corrected chi connectivity index (χ4v) is 5.89. The van der Waals surface area contributed by atoms with E-state index in [0.717, 1.165) is 26.9 Å². The molecule has 0 spiro atoms. The highest BCUT2D eigenvalue weighted by molar-refractivity contribution is 7.13. The molecule has 8 nitrogen and oxygen atoms in total. The second-order valence-electron chi connectivity index (χ2n) is 10.4. The van der Waals surface area contributed by atoms with Crippen LogP contribution in [0.3, 0.4) is 0 Å². The number of nitrogens with one attached hydrogen (secondary N) is 3. The zero-order chi connectivity index (χ0) is 28.7. The molecule has 0 aliphatic carbocycles. The number of carboxylic acids is 1. The summed E-state index contributed by atoms with van der Waals surface area (Å²) in [6.07, 6.45) is 1.83. The van der Waals surface area contributed by atoms with Gasteiger partial charge in [0.05, 0.1) is 5.56 Å². The number of hydrogen-bond acceptors (Lipinski definition) is 5. The van der Waals surface area contributed by atoms with Gasteiger partial charge in [0.1, 0.15) is 12.4 Å². The molecule has 2 amide bonds. The van der Waals surface area contributed by atoms with Crippen molar-refractivity contribution in [2.24, 2.45) is 5.92 Å². The van der Waals surface area contributed by atoms with Crippen LogP contribution < -0.4 is 15.4 Å². The third-order valence-electron chi connectivity index (χ3n) is 7.02. The van der Waals surface area contributed by atoms with Gasteiger partial charge in [0.15, 0.2) is 0 Å². The van der Waals surface area contributed by atoms with E-state index in [2.05, 4.69) is 15.6 Å². The van der Waals surface area contributed by atoms with Gasteiger partial charge in [0.25, 0.3) is 11.8 Å². The highest BCUT2D eigenvalue weighted by Gasteiger charge is 2.26. The van der Waals surface area contributed by atoms with E-state index in [0.29, 0.717) is 41.3 Å². The molecule has 206 valence electrons. The number of benzene rings is 3. The predicted molar refractivity (Wildman–Crippen MR) is 160 cm³/mol. The number of thiophene rings is 1.